The molecule has 69 heavy (non-hydrogen) atoms. The van der Waals surface area contributed by atoms with Gasteiger partial charge in [-0.3, -0.25) is 0 Å². The second-order valence-electron chi connectivity index (χ2n) is 14.0. The first kappa shape index (κ1) is 48.2. The molecule has 6 rings (SSSR count). The molecule has 6 aromatic rings. The summed E-state index contributed by atoms with van der Waals surface area (Å²) in [6.07, 6.45) is 0. The van der Waals surface area contributed by atoms with Crippen molar-refractivity contribution in [2.45, 2.75) is 13.8 Å². The lowest BCUT2D eigenvalue weighted by Crippen LogP contribution is -2.14. The Bertz CT molecular complexity index is 3130. The average Bonchev–Trinajstić information content (AvgIpc) is 3.29. The van der Waals surface area contributed by atoms with Crippen LogP contribution in [0, 0.1) is 6.92 Å². The van der Waals surface area contributed by atoms with Crippen molar-refractivity contribution >= 4 is 35.8 Å². The highest BCUT2D eigenvalue weighted by atomic mass is 16.6. The van der Waals surface area contributed by atoms with Gasteiger partial charge in [-0.05, 0) is 86.6 Å². The second kappa shape index (κ2) is 19.1. The summed E-state index contributed by atoms with van der Waals surface area (Å²) in [4.78, 5) is 77.7. The summed E-state index contributed by atoms with van der Waals surface area (Å²) < 4.78 is 30.1. The van der Waals surface area contributed by atoms with E-state index in [2.05, 4.69) is 0 Å². The Labute approximate surface area is 383 Å². The van der Waals surface area contributed by atoms with E-state index in [-0.39, 0.29) is 17.7 Å². The molecule has 0 aliphatic heterocycles. The van der Waals surface area contributed by atoms with E-state index < -0.39 is 161 Å². The molecule has 0 radical (unpaired) electrons. The van der Waals surface area contributed by atoms with E-state index in [1.54, 1.807) is 0 Å². The largest absolute Gasteiger partial charge is 0.508 e. The summed E-state index contributed by atoms with van der Waals surface area (Å²) in [7, 11) is 0. The number of ether oxygens (including phenoxy) is 6. The number of phenols is 12. The zero-order chi connectivity index (χ0) is 50.8. The summed E-state index contributed by atoms with van der Waals surface area (Å²) in [5.74, 6) is -24.4. The molecule has 0 unspecified atom stereocenters. The van der Waals surface area contributed by atoms with E-state index in [1.165, 1.54) is 13.8 Å². The number of rotatable bonds is 12. The fraction of sp³-hybridized carbons (Fsp3) is 0.0667. The summed E-state index contributed by atoms with van der Waals surface area (Å²) in [5.41, 5.74) is -3.55. The molecule has 0 aromatic heterocycles. The van der Waals surface area contributed by atoms with E-state index in [1.807, 2.05) is 0 Å². The van der Waals surface area contributed by atoms with Crippen molar-refractivity contribution in [3.8, 4) is 97.7 Å². The maximum Gasteiger partial charge on any atom is 0.343 e. The molecule has 12 N–H and O–H groups in total. The quantitative estimate of drug-likeness (QED) is 0.0448. The summed E-state index contributed by atoms with van der Waals surface area (Å²) in [6.45, 7) is 2.76. The molecule has 0 fully saturated rings. The van der Waals surface area contributed by atoms with Gasteiger partial charge in [0.2, 0.25) is 28.7 Å². The Morgan fingerprint density at radius 2 is 0.507 bits per heavy atom. The predicted octanol–water partition coefficient (Wildman–Crippen LogP) is 4.73. The van der Waals surface area contributed by atoms with Crippen LogP contribution in [-0.2, 0) is 4.74 Å². The highest BCUT2D eigenvalue weighted by molar-refractivity contribution is 5.99. The maximum absolute atomic E-state index is 13.3. The van der Waals surface area contributed by atoms with E-state index in [9.17, 15) is 90.0 Å². The summed E-state index contributed by atoms with van der Waals surface area (Å²) in [5, 5.41) is 123. The van der Waals surface area contributed by atoms with Gasteiger partial charge < -0.3 is 89.7 Å². The minimum atomic E-state index is -1.53. The monoisotopic (exact) mass is 956 g/mol. The molecule has 0 atom stereocenters. The van der Waals surface area contributed by atoms with Crippen molar-refractivity contribution in [2.75, 3.05) is 6.61 Å². The van der Waals surface area contributed by atoms with Crippen molar-refractivity contribution in [2.24, 2.45) is 0 Å². The van der Waals surface area contributed by atoms with Gasteiger partial charge in [0.25, 0.3) is 0 Å². The third kappa shape index (κ3) is 10.2. The Hall–Kier alpha value is -10.3. The minimum Gasteiger partial charge on any atom is -0.508 e. The maximum atomic E-state index is 13.3. The van der Waals surface area contributed by atoms with Crippen molar-refractivity contribution in [3.05, 3.63) is 112 Å². The molecule has 24 heteroatoms. The molecule has 0 saturated heterocycles. The van der Waals surface area contributed by atoms with Crippen molar-refractivity contribution in [3.63, 3.8) is 0 Å². The van der Waals surface area contributed by atoms with Gasteiger partial charge in [-0.2, -0.15) is 0 Å². The predicted molar refractivity (Wildman–Crippen MR) is 224 cm³/mol. The molecule has 0 spiro atoms. The normalized spacial score (nSPS) is 10.7. The number of hydrogen-bond acceptors (Lipinski definition) is 24. The van der Waals surface area contributed by atoms with Crippen LogP contribution in [0.15, 0.2) is 72.8 Å². The molecule has 24 nitrogen and oxygen atoms in total. The molecular formula is C45H32O24. The van der Waals surface area contributed by atoms with Crippen LogP contribution in [0.2, 0.25) is 0 Å². The first-order valence-electron chi connectivity index (χ1n) is 19.1. The van der Waals surface area contributed by atoms with E-state index >= 15 is 0 Å². The number of carbonyl (C=O) groups excluding carboxylic acids is 6. The Kier molecular flexibility index (Phi) is 13.3. The molecule has 0 heterocycles. The van der Waals surface area contributed by atoms with Crippen molar-refractivity contribution < 1.29 is 118 Å². The number of aromatic hydroxyl groups is 12. The van der Waals surface area contributed by atoms with Crippen LogP contribution in [0.25, 0.3) is 0 Å². The number of esters is 6. The SMILES string of the molecule is CCOC(=O)c1cc(O)c(O)c(OC(=O)c2cc(O)c(O)c(OC(=O)c3cc(O)c(O)c(OC(=O)c4cc(O)c(O)c(OC(=O)c5cc(O)c(O)c(OC(=O)c6cc(O)c(C)c(O)c6)c5)c4)c3)c2)c1. The standard InChI is InChI=1S/C45H32O24/c1-3-64-40(58)18-6-25(48)35(53)30(11-18)66-42(60)20-8-27(50)37(55)32(13-20)68-44(62)22-10-29(52)39(57)34(15-22)69-45(63)21-9-28(51)38(56)33(14-21)67-43(61)19-7-26(49)36(54)31(12-19)65-41(59)17-4-23(46)16(2)24(47)5-17/h4-15,46-57H,3H2,1-2H3. The molecule has 6 aromatic carbocycles. The summed E-state index contributed by atoms with van der Waals surface area (Å²) in [6, 6.07) is 8.54. The van der Waals surface area contributed by atoms with Crippen LogP contribution < -0.4 is 23.7 Å². The number of phenolic OH excluding ortho intramolecular Hbond substituents is 12. The topological polar surface area (TPSA) is 401 Å². The van der Waals surface area contributed by atoms with Crippen LogP contribution in [0.4, 0.5) is 0 Å². The van der Waals surface area contributed by atoms with Crippen LogP contribution >= 0.6 is 0 Å². The van der Waals surface area contributed by atoms with Gasteiger partial charge in [0.15, 0.2) is 57.5 Å². The highest BCUT2D eigenvalue weighted by Crippen LogP contribution is 2.44. The molecule has 0 bridgehead atoms. The van der Waals surface area contributed by atoms with Gasteiger partial charge in [-0.15, -0.1) is 0 Å². The van der Waals surface area contributed by atoms with Gasteiger partial charge in [-0.25, -0.2) is 28.8 Å². The van der Waals surface area contributed by atoms with Gasteiger partial charge in [0, 0.05) is 5.56 Å². The minimum absolute atomic E-state index is 0.0243. The van der Waals surface area contributed by atoms with Gasteiger partial charge in [0.1, 0.15) is 11.5 Å². The molecule has 0 amide bonds. The van der Waals surface area contributed by atoms with Crippen LogP contribution in [0.1, 0.15) is 74.6 Å². The lowest BCUT2D eigenvalue weighted by Gasteiger charge is -2.14. The number of carbonyl (C=O) groups is 6. The Morgan fingerprint density at radius 3 is 0.725 bits per heavy atom. The van der Waals surface area contributed by atoms with Gasteiger partial charge in [-0.1, -0.05) is 0 Å². The van der Waals surface area contributed by atoms with Gasteiger partial charge in [0.05, 0.1) is 40.0 Å². The first-order valence-corrected chi connectivity index (χ1v) is 19.1. The van der Waals surface area contributed by atoms with E-state index in [0.717, 1.165) is 24.3 Å². The number of hydrogen-bond donors (Lipinski definition) is 12. The molecule has 356 valence electrons. The molecule has 0 aliphatic rings. The smallest absolute Gasteiger partial charge is 0.343 e. The van der Waals surface area contributed by atoms with Gasteiger partial charge >= 0.3 is 35.8 Å². The Morgan fingerprint density at radius 1 is 0.319 bits per heavy atom. The average molecular weight is 957 g/mol. The van der Waals surface area contributed by atoms with E-state index in [0.29, 0.717) is 48.5 Å². The van der Waals surface area contributed by atoms with Crippen LogP contribution in [0.3, 0.4) is 0 Å². The second-order valence-corrected chi connectivity index (χ2v) is 14.0. The summed E-state index contributed by atoms with van der Waals surface area (Å²) >= 11 is 0. The van der Waals surface area contributed by atoms with Crippen LogP contribution in [0.5, 0.6) is 97.7 Å². The zero-order valence-corrected chi connectivity index (χ0v) is 34.9. The highest BCUT2D eigenvalue weighted by Gasteiger charge is 2.27. The first-order chi connectivity index (χ1) is 32.5. The fourth-order valence-electron chi connectivity index (χ4n) is 5.75. The van der Waals surface area contributed by atoms with Crippen molar-refractivity contribution in [1.82, 2.24) is 0 Å². The fourth-order valence-corrected chi connectivity index (χ4v) is 5.75. The van der Waals surface area contributed by atoms with Crippen molar-refractivity contribution in [1.29, 1.82) is 0 Å². The third-order valence-electron chi connectivity index (χ3n) is 9.33. The lowest BCUT2D eigenvalue weighted by atomic mass is 10.1. The molecule has 0 aliphatic carbocycles. The molecule has 0 saturated carbocycles. The lowest BCUT2D eigenvalue weighted by molar-refractivity contribution is 0.0522. The number of benzene rings is 6. The third-order valence-corrected chi connectivity index (χ3v) is 9.33. The van der Waals surface area contributed by atoms with E-state index in [4.69, 9.17) is 28.4 Å². The van der Waals surface area contributed by atoms with Crippen LogP contribution in [-0.4, -0.2) is 104 Å². The Balaban J connectivity index is 1.20. The molecular weight excluding hydrogens is 924 g/mol. The zero-order valence-electron chi connectivity index (χ0n) is 34.9.